The molecular weight excluding hydrogens is 192 g/mol. The summed E-state index contributed by atoms with van der Waals surface area (Å²) in [6.45, 7) is 3.40. The third-order valence-corrected chi connectivity index (χ3v) is 2.16. The number of nitrogens with two attached hydrogens (primary N) is 1. The lowest BCUT2D eigenvalue weighted by Crippen LogP contribution is -1.97. The van der Waals surface area contributed by atoms with Gasteiger partial charge in [0.25, 0.3) is 0 Å². The second kappa shape index (κ2) is 4.27. The van der Waals surface area contributed by atoms with E-state index in [2.05, 4.69) is 17.1 Å². The van der Waals surface area contributed by atoms with Crippen molar-refractivity contribution in [2.45, 2.75) is 26.4 Å². The van der Waals surface area contributed by atoms with Crippen LogP contribution in [0.25, 0.3) is 11.6 Å². The van der Waals surface area contributed by atoms with Gasteiger partial charge in [-0.2, -0.15) is 0 Å². The van der Waals surface area contributed by atoms with Crippen molar-refractivity contribution in [3.05, 3.63) is 24.2 Å². The highest BCUT2D eigenvalue weighted by molar-refractivity contribution is 5.46. The molecule has 0 aromatic carbocycles. The van der Waals surface area contributed by atoms with Crippen LogP contribution in [0, 0.1) is 0 Å². The Morgan fingerprint density at radius 2 is 2.33 bits per heavy atom. The van der Waals surface area contributed by atoms with Crippen molar-refractivity contribution in [2.75, 3.05) is 0 Å². The maximum absolute atomic E-state index is 5.52. The number of nitrogens with zero attached hydrogens (tertiary/aromatic N) is 3. The summed E-state index contributed by atoms with van der Waals surface area (Å²) < 4.78 is 7.49. The molecule has 5 nitrogen and oxygen atoms in total. The van der Waals surface area contributed by atoms with Gasteiger partial charge in [0.15, 0.2) is 11.6 Å². The zero-order valence-electron chi connectivity index (χ0n) is 8.68. The Bertz CT molecular complexity index is 432. The minimum absolute atomic E-state index is 0.405. The first-order chi connectivity index (χ1) is 7.35. The lowest BCUT2D eigenvalue weighted by atomic mass is 10.4. The largest absolute Gasteiger partial charge is 0.456 e. The van der Waals surface area contributed by atoms with Crippen LogP contribution in [0.2, 0.25) is 0 Å². The highest BCUT2D eigenvalue weighted by Crippen LogP contribution is 2.19. The van der Waals surface area contributed by atoms with Crippen LogP contribution in [-0.2, 0) is 13.1 Å². The van der Waals surface area contributed by atoms with Gasteiger partial charge in [-0.3, -0.25) is 0 Å². The van der Waals surface area contributed by atoms with E-state index in [1.54, 1.807) is 6.33 Å². The summed E-state index contributed by atoms with van der Waals surface area (Å²) in [5, 5.41) is 7.90. The predicted octanol–water partition coefficient (Wildman–Crippen LogP) is 1.41. The van der Waals surface area contributed by atoms with Gasteiger partial charge in [-0.05, 0) is 18.6 Å². The lowest BCUT2D eigenvalue weighted by molar-refractivity contribution is 0.516. The number of hydrogen-bond donors (Lipinski definition) is 1. The van der Waals surface area contributed by atoms with E-state index in [-0.39, 0.29) is 0 Å². The number of aryl methyl sites for hydroxylation is 1. The number of hydrogen-bond acceptors (Lipinski definition) is 4. The SMILES string of the molecule is CCCn1cnnc1-c1ccc(CN)o1. The fraction of sp³-hybridized carbons (Fsp3) is 0.400. The molecule has 2 aromatic rings. The zero-order chi connectivity index (χ0) is 10.7. The molecule has 0 unspecified atom stereocenters. The minimum Gasteiger partial charge on any atom is -0.456 e. The Labute approximate surface area is 87.9 Å². The molecule has 0 amide bonds. The van der Waals surface area contributed by atoms with Gasteiger partial charge in [0.1, 0.15) is 12.1 Å². The van der Waals surface area contributed by atoms with Crippen molar-refractivity contribution in [3.63, 3.8) is 0 Å². The van der Waals surface area contributed by atoms with Gasteiger partial charge in [-0.15, -0.1) is 10.2 Å². The Balaban J connectivity index is 2.31. The van der Waals surface area contributed by atoms with Crippen molar-refractivity contribution in [3.8, 4) is 11.6 Å². The van der Waals surface area contributed by atoms with E-state index in [0.29, 0.717) is 6.54 Å². The molecule has 0 spiro atoms. The summed E-state index contributed by atoms with van der Waals surface area (Å²) in [5.74, 6) is 2.24. The topological polar surface area (TPSA) is 69.9 Å². The van der Waals surface area contributed by atoms with Crippen LogP contribution in [0.3, 0.4) is 0 Å². The molecule has 15 heavy (non-hydrogen) atoms. The van der Waals surface area contributed by atoms with Crippen LogP contribution in [0.5, 0.6) is 0 Å². The maximum atomic E-state index is 5.52. The van der Waals surface area contributed by atoms with Crippen LogP contribution in [0.1, 0.15) is 19.1 Å². The molecular formula is C10H14N4O. The summed E-state index contributed by atoms with van der Waals surface area (Å²) in [5.41, 5.74) is 5.48. The van der Waals surface area contributed by atoms with Gasteiger partial charge in [0.2, 0.25) is 0 Å². The van der Waals surface area contributed by atoms with Crippen molar-refractivity contribution in [1.82, 2.24) is 14.8 Å². The van der Waals surface area contributed by atoms with Gasteiger partial charge < -0.3 is 14.7 Å². The first kappa shape index (κ1) is 9.92. The lowest BCUT2D eigenvalue weighted by Gasteiger charge is -2.01. The van der Waals surface area contributed by atoms with Crippen molar-refractivity contribution in [2.24, 2.45) is 5.73 Å². The highest BCUT2D eigenvalue weighted by atomic mass is 16.3. The molecule has 0 aliphatic carbocycles. The predicted molar refractivity (Wildman–Crippen MR) is 55.9 cm³/mol. The van der Waals surface area contributed by atoms with E-state index in [1.165, 1.54) is 0 Å². The molecule has 0 radical (unpaired) electrons. The number of furan rings is 1. The highest BCUT2D eigenvalue weighted by Gasteiger charge is 2.10. The zero-order valence-corrected chi connectivity index (χ0v) is 8.68. The van der Waals surface area contributed by atoms with E-state index < -0.39 is 0 Å². The Hall–Kier alpha value is -1.62. The summed E-state index contributed by atoms with van der Waals surface area (Å²) in [7, 11) is 0. The van der Waals surface area contributed by atoms with Crippen molar-refractivity contribution < 1.29 is 4.42 Å². The van der Waals surface area contributed by atoms with E-state index in [9.17, 15) is 0 Å². The normalized spacial score (nSPS) is 10.8. The van der Waals surface area contributed by atoms with Crippen molar-refractivity contribution in [1.29, 1.82) is 0 Å². The first-order valence-corrected chi connectivity index (χ1v) is 5.02. The summed E-state index contributed by atoms with van der Waals surface area (Å²) in [6, 6.07) is 3.73. The average Bonchev–Trinajstić information content (AvgIpc) is 2.85. The smallest absolute Gasteiger partial charge is 0.199 e. The van der Waals surface area contributed by atoms with Crippen molar-refractivity contribution >= 4 is 0 Å². The van der Waals surface area contributed by atoms with E-state index in [4.69, 9.17) is 10.2 Å². The van der Waals surface area contributed by atoms with E-state index in [1.807, 2.05) is 16.7 Å². The molecule has 0 atom stereocenters. The summed E-state index contributed by atoms with van der Waals surface area (Å²) >= 11 is 0. The molecule has 0 bridgehead atoms. The van der Waals surface area contributed by atoms with Gasteiger partial charge in [0.05, 0.1) is 6.54 Å². The molecule has 2 rings (SSSR count). The van der Waals surface area contributed by atoms with E-state index >= 15 is 0 Å². The molecule has 2 aromatic heterocycles. The maximum Gasteiger partial charge on any atom is 0.199 e. The second-order valence-corrected chi connectivity index (χ2v) is 3.32. The molecule has 0 aliphatic rings. The summed E-state index contributed by atoms with van der Waals surface area (Å²) in [4.78, 5) is 0. The number of aromatic nitrogens is 3. The summed E-state index contributed by atoms with van der Waals surface area (Å²) in [6.07, 6.45) is 2.75. The standard InChI is InChI=1S/C10H14N4O/c1-2-5-14-7-12-13-10(14)9-4-3-8(6-11)15-9/h3-4,7H,2,5-6,11H2,1H3. The quantitative estimate of drug-likeness (QED) is 0.821. The third kappa shape index (κ3) is 1.92. The van der Waals surface area contributed by atoms with Crippen LogP contribution in [0.15, 0.2) is 22.9 Å². The fourth-order valence-electron chi connectivity index (χ4n) is 1.46. The van der Waals surface area contributed by atoms with Crippen LogP contribution < -0.4 is 5.73 Å². The first-order valence-electron chi connectivity index (χ1n) is 5.02. The third-order valence-electron chi connectivity index (χ3n) is 2.16. The molecule has 0 saturated heterocycles. The fourth-order valence-corrected chi connectivity index (χ4v) is 1.46. The molecule has 0 aliphatic heterocycles. The molecule has 0 fully saturated rings. The molecule has 2 N–H and O–H groups in total. The molecule has 2 heterocycles. The number of rotatable bonds is 4. The van der Waals surface area contributed by atoms with Gasteiger partial charge in [-0.1, -0.05) is 6.92 Å². The molecule has 80 valence electrons. The molecule has 0 saturated carbocycles. The van der Waals surface area contributed by atoms with Gasteiger partial charge in [-0.25, -0.2) is 0 Å². The Morgan fingerprint density at radius 3 is 3.00 bits per heavy atom. The van der Waals surface area contributed by atoms with E-state index in [0.717, 1.165) is 30.3 Å². The average molecular weight is 206 g/mol. The minimum atomic E-state index is 0.405. The molecule has 5 heteroatoms. The van der Waals surface area contributed by atoms with Crippen LogP contribution in [0.4, 0.5) is 0 Å². The van der Waals surface area contributed by atoms with Gasteiger partial charge in [0, 0.05) is 6.54 Å². The Kier molecular flexibility index (Phi) is 2.82. The monoisotopic (exact) mass is 206 g/mol. The van der Waals surface area contributed by atoms with Gasteiger partial charge >= 0.3 is 0 Å². The second-order valence-electron chi connectivity index (χ2n) is 3.32. The van der Waals surface area contributed by atoms with Crippen LogP contribution >= 0.6 is 0 Å². The van der Waals surface area contributed by atoms with Crippen LogP contribution in [-0.4, -0.2) is 14.8 Å². The Morgan fingerprint density at radius 1 is 1.47 bits per heavy atom.